The van der Waals surface area contributed by atoms with E-state index in [1.807, 2.05) is 26.8 Å². The van der Waals surface area contributed by atoms with Gasteiger partial charge in [-0.2, -0.15) is 0 Å². The predicted molar refractivity (Wildman–Crippen MR) is 92.7 cm³/mol. The van der Waals surface area contributed by atoms with Gasteiger partial charge in [0, 0.05) is 25.4 Å². The van der Waals surface area contributed by atoms with Crippen LogP contribution in [0.2, 0.25) is 0 Å². The van der Waals surface area contributed by atoms with Crippen LogP contribution >= 0.6 is 0 Å². The Morgan fingerprint density at radius 2 is 2.00 bits per heavy atom. The molecule has 1 aromatic heterocycles. The highest BCUT2D eigenvalue weighted by Gasteiger charge is 2.20. The number of nitrogens with one attached hydrogen (secondary N) is 2. The van der Waals surface area contributed by atoms with Crippen molar-refractivity contribution in [3.05, 3.63) is 24.2 Å². The van der Waals surface area contributed by atoms with E-state index in [2.05, 4.69) is 24.5 Å². The van der Waals surface area contributed by atoms with E-state index in [0.29, 0.717) is 25.3 Å². The topological polar surface area (TPSA) is 80.6 Å². The second-order valence-electron chi connectivity index (χ2n) is 7.36. The second-order valence-corrected chi connectivity index (χ2v) is 7.36. The third-order valence-corrected chi connectivity index (χ3v) is 3.20. The van der Waals surface area contributed by atoms with Crippen LogP contribution in [0.5, 0.6) is 0 Å². The summed E-state index contributed by atoms with van der Waals surface area (Å²) in [7, 11) is 0. The van der Waals surface area contributed by atoms with Gasteiger partial charge in [-0.1, -0.05) is 13.8 Å². The van der Waals surface area contributed by atoms with Crippen molar-refractivity contribution >= 4 is 12.0 Å². The van der Waals surface area contributed by atoms with Crippen molar-refractivity contribution in [2.45, 2.75) is 65.5 Å². The van der Waals surface area contributed by atoms with Crippen LogP contribution in [-0.4, -0.2) is 30.2 Å². The van der Waals surface area contributed by atoms with Crippen LogP contribution < -0.4 is 10.6 Å². The first-order valence-corrected chi connectivity index (χ1v) is 8.44. The van der Waals surface area contributed by atoms with Crippen LogP contribution in [0.4, 0.5) is 4.79 Å². The molecule has 1 heterocycles. The molecule has 0 aliphatic rings. The van der Waals surface area contributed by atoms with Crippen LogP contribution in [0.15, 0.2) is 22.8 Å². The number of carbonyl (C=O) groups excluding carboxylic acids is 2. The molecule has 0 spiro atoms. The Hall–Kier alpha value is -1.98. The van der Waals surface area contributed by atoms with Crippen molar-refractivity contribution < 1.29 is 18.7 Å². The summed E-state index contributed by atoms with van der Waals surface area (Å²) in [6.45, 7) is 9.99. The van der Waals surface area contributed by atoms with Crippen molar-refractivity contribution in [2.24, 2.45) is 5.92 Å². The Morgan fingerprint density at radius 1 is 1.29 bits per heavy atom. The average molecular weight is 338 g/mol. The van der Waals surface area contributed by atoms with E-state index in [1.165, 1.54) is 0 Å². The van der Waals surface area contributed by atoms with Crippen LogP contribution in [0, 0.1) is 5.92 Å². The zero-order valence-electron chi connectivity index (χ0n) is 15.3. The van der Waals surface area contributed by atoms with Gasteiger partial charge in [0.05, 0.1) is 6.26 Å². The van der Waals surface area contributed by atoms with Gasteiger partial charge in [-0.05, 0) is 45.2 Å². The van der Waals surface area contributed by atoms with Gasteiger partial charge < -0.3 is 19.8 Å². The Bertz CT molecular complexity index is 504. The molecule has 6 heteroatoms. The van der Waals surface area contributed by atoms with Gasteiger partial charge in [0.2, 0.25) is 5.91 Å². The van der Waals surface area contributed by atoms with E-state index >= 15 is 0 Å². The highest BCUT2D eigenvalue weighted by molar-refractivity contribution is 5.76. The smallest absolute Gasteiger partial charge is 0.407 e. The maximum atomic E-state index is 11.9. The molecule has 0 aliphatic heterocycles. The standard InChI is InChI=1S/C18H30N2O4/c1-13(2)11-14(20-17(22)24-18(3,4)5)12-19-16(21)9-8-15-7-6-10-23-15/h6-7,10,13-14H,8-9,11-12H2,1-5H3,(H,19,21)(H,20,22)/t14-/m0/s1. The number of furan rings is 1. The minimum atomic E-state index is -0.543. The van der Waals surface area contributed by atoms with Gasteiger partial charge in [0.15, 0.2) is 0 Å². The summed E-state index contributed by atoms with van der Waals surface area (Å²) in [5.74, 6) is 1.12. The summed E-state index contributed by atoms with van der Waals surface area (Å²) < 4.78 is 10.5. The number of rotatable bonds is 8. The summed E-state index contributed by atoms with van der Waals surface area (Å²) in [4.78, 5) is 23.9. The summed E-state index contributed by atoms with van der Waals surface area (Å²) in [5, 5.41) is 5.70. The molecule has 1 aromatic rings. The maximum Gasteiger partial charge on any atom is 0.407 e. The van der Waals surface area contributed by atoms with Crippen molar-refractivity contribution in [1.29, 1.82) is 0 Å². The van der Waals surface area contributed by atoms with E-state index in [9.17, 15) is 9.59 Å². The molecule has 1 atom stereocenters. The molecule has 2 N–H and O–H groups in total. The van der Waals surface area contributed by atoms with Gasteiger partial charge in [-0.3, -0.25) is 4.79 Å². The van der Waals surface area contributed by atoms with Gasteiger partial charge in [0.25, 0.3) is 0 Å². The summed E-state index contributed by atoms with van der Waals surface area (Å²) in [5.41, 5.74) is -0.543. The van der Waals surface area contributed by atoms with Crippen molar-refractivity contribution in [2.75, 3.05) is 6.54 Å². The molecule has 24 heavy (non-hydrogen) atoms. The van der Waals surface area contributed by atoms with Gasteiger partial charge in [-0.25, -0.2) is 4.79 Å². The first-order chi connectivity index (χ1) is 11.2. The van der Waals surface area contributed by atoms with Crippen molar-refractivity contribution in [1.82, 2.24) is 10.6 Å². The molecule has 0 saturated heterocycles. The molecule has 0 fully saturated rings. The Morgan fingerprint density at radius 3 is 2.54 bits per heavy atom. The summed E-state index contributed by atoms with van der Waals surface area (Å²) in [6.07, 6.45) is 2.81. The average Bonchev–Trinajstić information content (AvgIpc) is 2.93. The maximum absolute atomic E-state index is 11.9. The number of hydrogen-bond donors (Lipinski definition) is 2. The van der Waals surface area contributed by atoms with E-state index in [1.54, 1.807) is 12.3 Å². The molecule has 0 saturated carbocycles. The fraction of sp³-hybridized carbons (Fsp3) is 0.667. The first-order valence-electron chi connectivity index (χ1n) is 8.44. The molecule has 0 bridgehead atoms. The summed E-state index contributed by atoms with van der Waals surface area (Å²) >= 11 is 0. The number of amides is 2. The quantitative estimate of drug-likeness (QED) is 0.762. The fourth-order valence-corrected chi connectivity index (χ4v) is 2.25. The van der Waals surface area contributed by atoms with E-state index in [-0.39, 0.29) is 11.9 Å². The van der Waals surface area contributed by atoms with Gasteiger partial charge >= 0.3 is 6.09 Å². The van der Waals surface area contributed by atoms with Crippen molar-refractivity contribution in [3.8, 4) is 0 Å². The van der Waals surface area contributed by atoms with Crippen molar-refractivity contribution in [3.63, 3.8) is 0 Å². The number of hydrogen-bond acceptors (Lipinski definition) is 4. The van der Waals surface area contributed by atoms with Gasteiger partial charge in [0.1, 0.15) is 11.4 Å². The lowest BCUT2D eigenvalue weighted by molar-refractivity contribution is -0.121. The Labute approximate surface area is 144 Å². The Balaban J connectivity index is 2.41. The number of carbonyl (C=O) groups is 2. The predicted octanol–water partition coefficient (Wildman–Crippen LogP) is 3.27. The third-order valence-electron chi connectivity index (χ3n) is 3.20. The Kier molecular flexibility index (Phi) is 7.82. The van der Waals surface area contributed by atoms with Crippen LogP contribution in [0.25, 0.3) is 0 Å². The lowest BCUT2D eigenvalue weighted by Crippen LogP contribution is -2.46. The molecule has 0 radical (unpaired) electrons. The third kappa shape index (κ3) is 9.22. The molecule has 0 aromatic carbocycles. The zero-order valence-corrected chi connectivity index (χ0v) is 15.3. The zero-order chi connectivity index (χ0) is 18.2. The molecule has 0 unspecified atom stereocenters. The fourth-order valence-electron chi connectivity index (χ4n) is 2.25. The lowest BCUT2D eigenvalue weighted by atomic mass is 10.0. The number of aryl methyl sites for hydroxylation is 1. The normalized spacial score (nSPS) is 12.8. The summed E-state index contributed by atoms with van der Waals surface area (Å²) in [6, 6.07) is 3.49. The lowest BCUT2D eigenvalue weighted by Gasteiger charge is -2.24. The highest BCUT2D eigenvalue weighted by Crippen LogP contribution is 2.09. The molecular weight excluding hydrogens is 308 g/mol. The molecule has 0 aliphatic carbocycles. The number of ether oxygens (including phenoxy) is 1. The highest BCUT2D eigenvalue weighted by atomic mass is 16.6. The second kappa shape index (κ2) is 9.35. The largest absolute Gasteiger partial charge is 0.469 e. The minimum absolute atomic E-state index is 0.0638. The monoisotopic (exact) mass is 338 g/mol. The molecule has 1 rings (SSSR count). The van der Waals surface area contributed by atoms with Crippen LogP contribution in [0.3, 0.4) is 0 Å². The SMILES string of the molecule is CC(C)C[C@@H](CNC(=O)CCc1ccco1)NC(=O)OC(C)(C)C. The van der Waals surface area contributed by atoms with Crippen LogP contribution in [0.1, 0.15) is 53.2 Å². The van der Waals surface area contributed by atoms with Crippen LogP contribution in [-0.2, 0) is 16.0 Å². The molecular formula is C18H30N2O4. The van der Waals surface area contributed by atoms with E-state index in [4.69, 9.17) is 9.15 Å². The van der Waals surface area contributed by atoms with E-state index < -0.39 is 11.7 Å². The molecule has 136 valence electrons. The molecule has 2 amide bonds. The number of alkyl carbamates (subject to hydrolysis) is 1. The molecule has 6 nitrogen and oxygen atoms in total. The van der Waals surface area contributed by atoms with Gasteiger partial charge in [-0.15, -0.1) is 0 Å². The van der Waals surface area contributed by atoms with E-state index in [0.717, 1.165) is 12.2 Å². The first kappa shape index (κ1) is 20.1. The minimum Gasteiger partial charge on any atom is -0.469 e.